The highest BCUT2D eigenvalue weighted by atomic mass is 35.5. The molecule has 0 radical (unpaired) electrons. The summed E-state index contributed by atoms with van der Waals surface area (Å²) in [5, 5.41) is 3.11. The molecule has 2 rings (SSSR count). The predicted octanol–water partition coefficient (Wildman–Crippen LogP) is 2.38. The lowest BCUT2D eigenvalue weighted by molar-refractivity contribution is 0.0883. The number of hydrogen-bond acceptors (Lipinski definition) is 4. The Morgan fingerprint density at radius 1 is 1.23 bits per heavy atom. The molecule has 1 fully saturated rings. The molecular formula is C19H34Cl2N4O. The van der Waals surface area contributed by atoms with Gasteiger partial charge in [0.1, 0.15) is 0 Å². The van der Waals surface area contributed by atoms with Crippen LogP contribution in [0.15, 0.2) is 24.3 Å². The minimum atomic E-state index is -0.384. The molecule has 0 aliphatic carbocycles. The first kappa shape index (κ1) is 25.1. The number of rotatable bonds is 6. The number of amides is 1. The molecule has 1 aromatic carbocycles. The van der Waals surface area contributed by atoms with E-state index in [-0.39, 0.29) is 42.2 Å². The maximum Gasteiger partial charge on any atom is 0.251 e. The third-order valence-electron chi connectivity index (χ3n) is 5.29. The van der Waals surface area contributed by atoms with Gasteiger partial charge in [0, 0.05) is 44.8 Å². The predicted molar refractivity (Wildman–Crippen MR) is 113 cm³/mol. The van der Waals surface area contributed by atoms with Crippen LogP contribution in [0.25, 0.3) is 0 Å². The second kappa shape index (κ2) is 11.1. The lowest BCUT2D eigenvalue weighted by atomic mass is 9.88. The molecule has 1 aliphatic heterocycles. The normalized spacial score (nSPS) is 17.8. The van der Waals surface area contributed by atoms with Crippen molar-refractivity contribution in [3.63, 3.8) is 0 Å². The average Bonchev–Trinajstić information content (AvgIpc) is 2.57. The summed E-state index contributed by atoms with van der Waals surface area (Å²) in [6, 6.07) is 7.94. The molecule has 3 N–H and O–H groups in total. The highest BCUT2D eigenvalue weighted by molar-refractivity contribution is 5.94. The second-order valence-corrected chi connectivity index (χ2v) is 7.51. The van der Waals surface area contributed by atoms with Crippen LogP contribution in [-0.2, 0) is 6.54 Å². The summed E-state index contributed by atoms with van der Waals surface area (Å²) in [5.41, 5.74) is 7.39. The zero-order valence-corrected chi connectivity index (χ0v) is 18.0. The number of piperazine rings is 1. The van der Waals surface area contributed by atoms with Crippen LogP contribution in [0.1, 0.15) is 36.7 Å². The van der Waals surface area contributed by atoms with Crippen molar-refractivity contribution in [3.8, 4) is 0 Å². The van der Waals surface area contributed by atoms with Crippen LogP contribution in [0.4, 0.5) is 0 Å². The van der Waals surface area contributed by atoms with Crippen LogP contribution >= 0.6 is 24.8 Å². The molecule has 0 saturated carbocycles. The molecule has 1 atom stereocenters. The molecule has 1 amide bonds. The van der Waals surface area contributed by atoms with Gasteiger partial charge in [-0.15, -0.1) is 24.8 Å². The Morgan fingerprint density at radius 2 is 1.85 bits per heavy atom. The first-order valence-electron chi connectivity index (χ1n) is 8.86. The van der Waals surface area contributed by atoms with Crippen molar-refractivity contribution in [2.24, 2.45) is 11.7 Å². The minimum Gasteiger partial charge on any atom is -0.345 e. The molecule has 1 heterocycles. The summed E-state index contributed by atoms with van der Waals surface area (Å²) in [4.78, 5) is 17.4. The largest absolute Gasteiger partial charge is 0.345 e. The summed E-state index contributed by atoms with van der Waals surface area (Å²) in [7, 11) is 2.16. The zero-order chi connectivity index (χ0) is 17.7. The summed E-state index contributed by atoms with van der Waals surface area (Å²) >= 11 is 0. The monoisotopic (exact) mass is 404 g/mol. The Kier molecular flexibility index (Phi) is 10.7. The van der Waals surface area contributed by atoms with Crippen molar-refractivity contribution in [2.75, 3.05) is 39.8 Å². The first-order valence-corrected chi connectivity index (χ1v) is 8.86. The molecule has 1 aromatic rings. The Hall–Kier alpha value is -0.850. The summed E-state index contributed by atoms with van der Waals surface area (Å²) in [6.07, 6.45) is 0. The van der Waals surface area contributed by atoms with Gasteiger partial charge in [0.2, 0.25) is 0 Å². The van der Waals surface area contributed by atoms with Crippen molar-refractivity contribution >= 4 is 30.7 Å². The Balaban J connectivity index is 0.00000312. The second-order valence-electron chi connectivity index (χ2n) is 7.51. The molecule has 1 saturated heterocycles. The first-order chi connectivity index (χ1) is 11.3. The number of benzene rings is 1. The maximum atomic E-state index is 12.6. The van der Waals surface area contributed by atoms with Crippen LogP contribution in [0.2, 0.25) is 0 Å². The fourth-order valence-electron chi connectivity index (χ4n) is 2.84. The number of nitrogens with one attached hydrogen (secondary N) is 1. The van der Waals surface area contributed by atoms with Gasteiger partial charge >= 0.3 is 0 Å². The van der Waals surface area contributed by atoms with Gasteiger partial charge in [-0.05, 0) is 37.6 Å². The third-order valence-corrected chi connectivity index (χ3v) is 5.29. The maximum absolute atomic E-state index is 12.6. The number of nitrogens with zero attached hydrogens (tertiary/aromatic N) is 2. The molecule has 0 aromatic heterocycles. The van der Waals surface area contributed by atoms with Gasteiger partial charge in [0.25, 0.3) is 5.91 Å². The van der Waals surface area contributed by atoms with Gasteiger partial charge < -0.3 is 16.0 Å². The SMILES string of the molecule is CC(C)C(C)(CN)NC(=O)c1cccc(CN2CCN(C)CC2)c1.Cl.Cl. The van der Waals surface area contributed by atoms with E-state index >= 15 is 0 Å². The van der Waals surface area contributed by atoms with E-state index < -0.39 is 0 Å². The molecule has 1 aliphatic rings. The lowest BCUT2D eigenvalue weighted by Gasteiger charge is -2.34. The van der Waals surface area contributed by atoms with Crippen molar-refractivity contribution in [1.82, 2.24) is 15.1 Å². The molecule has 7 heteroatoms. The number of carbonyl (C=O) groups excluding carboxylic acids is 1. The van der Waals surface area contributed by atoms with E-state index in [4.69, 9.17) is 5.73 Å². The minimum absolute atomic E-state index is 0. The topological polar surface area (TPSA) is 61.6 Å². The van der Waals surface area contributed by atoms with Crippen LogP contribution in [0.3, 0.4) is 0 Å². The number of halogens is 2. The van der Waals surface area contributed by atoms with Gasteiger partial charge in [0.05, 0.1) is 5.54 Å². The van der Waals surface area contributed by atoms with Crippen molar-refractivity contribution in [1.29, 1.82) is 0 Å². The van der Waals surface area contributed by atoms with E-state index in [1.54, 1.807) is 0 Å². The van der Waals surface area contributed by atoms with Gasteiger partial charge in [-0.3, -0.25) is 9.69 Å². The molecule has 1 unspecified atom stereocenters. The van der Waals surface area contributed by atoms with Crippen molar-refractivity contribution in [2.45, 2.75) is 32.9 Å². The zero-order valence-electron chi connectivity index (χ0n) is 16.3. The highest BCUT2D eigenvalue weighted by Crippen LogP contribution is 2.17. The van der Waals surface area contributed by atoms with Crippen molar-refractivity contribution < 1.29 is 4.79 Å². The number of carbonyl (C=O) groups is 1. The molecule has 0 spiro atoms. The molecular weight excluding hydrogens is 371 g/mol. The van der Waals surface area contributed by atoms with E-state index in [9.17, 15) is 4.79 Å². The van der Waals surface area contributed by atoms with E-state index in [1.807, 2.05) is 25.1 Å². The van der Waals surface area contributed by atoms with Crippen LogP contribution < -0.4 is 11.1 Å². The Bertz CT molecular complexity index is 562. The lowest BCUT2D eigenvalue weighted by Crippen LogP contribution is -2.55. The van der Waals surface area contributed by atoms with Crippen LogP contribution in [0, 0.1) is 5.92 Å². The van der Waals surface area contributed by atoms with E-state index in [0.29, 0.717) is 12.1 Å². The third kappa shape index (κ3) is 6.71. The Morgan fingerprint density at radius 3 is 2.38 bits per heavy atom. The number of nitrogens with two attached hydrogens (primary N) is 1. The highest BCUT2D eigenvalue weighted by Gasteiger charge is 2.29. The number of hydrogen-bond donors (Lipinski definition) is 2. The van der Waals surface area contributed by atoms with Crippen molar-refractivity contribution in [3.05, 3.63) is 35.4 Å². The molecule has 5 nitrogen and oxygen atoms in total. The standard InChI is InChI=1S/C19H32N4O.2ClH/c1-15(2)19(3,14-20)21-18(24)17-7-5-6-16(12-17)13-23-10-8-22(4)9-11-23;;/h5-7,12,15H,8-11,13-14,20H2,1-4H3,(H,21,24);2*1H. The molecule has 0 bridgehead atoms. The fourth-order valence-corrected chi connectivity index (χ4v) is 2.84. The Labute approximate surface area is 170 Å². The summed E-state index contributed by atoms with van der Waals surface area (Å²) in [6.45, 7) is 11.8. The van der Waals surface area contributed by atoms with Gasteiger partial charge in [-0.25, -0.2) is 0 Å². The smallest absolute Gasteiger partial charge is 0.251 e. The van der Waals surface area contributed by atoms with E-state index in [0.717, 1.165) is 32.7 Å². The van der Waals surface area contributed by atoms with Crippen LogP contribution in [0.5, 0.6) is 0 Å². The average molecular weight is 405 g/mol. The quantitative estimate of drug-likeness (QED) is 0.763. The molecule has 26 heavy (non-hydrogen) atoms. The number of likely N-dealkylation sites (N-methyl/N-ethyl adjacent to an activating group) is 1. The van der Waals surface area contributed by atoms with E-state index in [1.165, 1.54) is 5.56 Å². The fraction of sp³-hybridized carbons (Fsp3) is 0.632. The van der Waals surface area contributed by atoms with E-state index in [2.05, 4.69) is 42.1 Å². The van der Waals surface area contributed by atoms with Gasteiger partial charge in [0.15, 0.2) is 0 Å². The van der Waals surface area contributed by atoms with Crippen LogP contribution in [-0.4, -0.2) is 61.0 Å². The summed E-state index contributed by atoms with van der Waals surface area (Å²) in [5.74, 6) is 0.233. The van der Waals surface area contributed by atoms with Gasteiger partial charge in [-0.1, -0.05) is 26.0 Å². The summed E-state index contributed by atoms with van der Waals surface area (Å²) < 4.78 is 0. The van der Waals surface area contributed by atoms with Gasteiger partial charge in [-0.2, -0.15) is 0 Å². The molecule has 150 valence electrons.